The molecule has 0 aliphatic carbocycles. The summed E-state index contributed by atoms with van der Waals surface area (Å²) in [7, 11) is 0. The van der Waals surface area contributed by atoms with E-state index < -0.39 is 35.1 Å². The third kappa shape index (κ3) is 5.55. The monoisotopic (exact) mass is 448 g/mol. The summed E-state index contributed by atoms with van der Waals surface area (Å²) in [6.45, 7) is 0.886. The standard InChI is InChI=1S/C20H18F2N4O4S/c1-2-9-30-20(29)26-7-5-12(6-8-26)19-23-16(11-31-19)18(28)25-24-17(27)14-4-3-13(21)10-15(14)22/h1,3-4,10-12H,5-9H2,(H,24,27)(H,25,28). The highest BCUT2D eigenvalue weighted by Crippen LogP contribution is 2.30. The molecule has 3 rings (SSSR count). The molecule has 1 aromatic carbocycles. The van der Waals surface area contributed by atoms with Crippen molar-refractivity contribution < 1.29 is 27.9 Å². The molecule has 0 spiro atoms. The van der Waals surface area contributed by atoms with Gasteiger partial charge in [0.2, 0.25) is 0 Å². The number of aromatic nitrogens is 1. The zero-order chi connectivity index (χ0) is 22.4. The lowest BCUT2D eigenvalue weighted by Gasteiger charge is -2.30. The number of ether oxygens (including phenoxy) is 1. The van der Waals surface area contributed by atoms with Crippen molar-refractivity contribution >= 4 is 29.2 Å². The normalized spacial score (nSPS) is 13.9. The summed E-state index contributed by atoms with van der Waals surface area (Å²) in [5.41, 5.74) is 3.91. The van der Waals surface area contributed by atoms with Crippen molar-refractivity contribution in [3.8, 4) is 12.3 Å². The number of nitrogens with one attached hydrogen (secondary N) is 2. The van der Waals surface area contributed by atoms with Crippen LogP contribution in [0.4, 0.5) is 13.6 Å². The van der Waals surface area contributed by atoms with Crippen molar-refractivity contribution in [2.75, 3.05) is 19.7 Å². The Labute approximate surface area is 180 Å². The minimum Gasteiger partial charge on any atom is -0.436 e. The van der Waals surface area contributed by atoms with E-state index in [1.807, 2.05) is 0 Å². The van der Waals surface area contributed by atoms with Gasteiger partial charge in [-0.25, -0.2) is 18.6 Å². The number of rotatable bonds is 4. The number of hydrogen-bond acceptors (Lipinski definition) is 6. The number of likely N-dealkylation sites (tertiary alicyclic amines) is 1. The van der Waals surface area contributed by atoms with E-state index >= 15 is 0 Å². The molecule has 3 amide bonds. The zero-order valence-electron chi connectivity index (χ0n) is 16.2. The van der Waals surface area contributed by atoms with Gasteiger partial charge in [-0.1, -0.05) is 5.92 Å². The minimum atomic E-state index is -1.04. The summed E-state index contributed by atoms with van der Waals surface area (Å²) in [4.78, 5) is 41.9. The highest BCUT2D eigenvalue weighted by Gasteiger charge is 2.27. The number of amides is 3. The quantitative estimate of drug-likeness (QED) is 0.553. The molecule has 1 saturated heterocycles. The summed E-state index contributed by atoms with van der Waals surface area (Å²) < 4.78 is 31.5. The Bertz CT molecular complexity index is 1030. The van der Waals surface area contributed by atoms with Crippen LogP contribution < -0.4 is 10.9 Å². The molecule has 0 unspecified atom stereocenters. The van der Waals surface area contributed by atoms with Gasteiger partial charge in [0.1, 0.15) is 17.3 Å². The van der Waals surface area contributed by atoms with E-state index in [-0.39, 0.29) is 18.2 Å². The number of benzene rings is 1. The second kappa shape index (κ2) is 9.99. The predicted octanol–water partition coefficient (Wildman–Crippen LogP) is 2.45. The van der Waals surface area contributed by atoms with Crippen LogP contribution >= 0.6 is 11.3 Å². The van der Waals surface area contributed by atoms with Crippen LogP contribution in [0.15, 0.2) is 23.6 Å². The Kier molecular flexibility index (Phi) is 7.15. The first-order valence-corrected chi connectivity index (χ1v) is 10.1. The van der Waals surface area contributed by atoms with E-state index in [0.29, 0.717) is 32.0 Å². The van der Waals surface area contributed by atoms with Crippen LogP contribution in [0.25, 0.3) is 0 Å². The number of carbonyl (C=O) groups excluding carboxylic acids is 3. The topological polar surface area (TPSA) is 101 Å². The highest BCUT2D eigenvalue weighted by molar-refractivity contribution is 7.09. The molecule has 1 fully saturated rings. The molecule has 2 heterocycles. The number of piperidine rings is 1. The van der Waals surface area contributed by atoms with Gasteiger partial charge in [0.15, 0.2) is 6.61 Å². The molecule has 0 bridgehead atoms. The fourth-order valence-electron chi connectivity index (χ4n) is 3.00. The van der Waals surface area contributed by atoms with Gasteiger partial charge in [-0.05, 0) is 25.0 Å². The van der Waals surface area contributed by atoms with Crippen LogP contribution in [-0.4, -0.2) is 47.5 Å². The third-order valence-corrected chi connectivity index (χ3v) is 5.61. The molecule has 0 radical (unpaired) electrons. The lowest BCUT2D eigenvalue weighted by Crippen LogP contribution is -2.42. The number of thiazole rings is 1. The molecule has 31 heavy (non-hydrogen) atoms. The Morgan fingerprint density at radius 3 is 2.61 bits per heavy atom. The molecule has 1 aliphatic rings. The number of hydrazine groups is 1. The summed E-state index contributed by atoms with van der Waals surface area (Å²) >= 11 is 1.30. The van der Waals surface area contributed by atoms with E-state index in [0.717, 1.165) is 17.1 Å². The molecular weight excluding hydrogens is 430 g/mol. The lowest BCUT2D eigenvalue weighted by atomic mass is 9.98. The average molecular weight is 448 g/mol. The molecular formula is C20H18F2N4O4S. The molecule has 2 aromatic rings. The van der Waals surface area contributed by atoms with Crippen LogP contribution in [0, 0.1) is 24.0 Å². The van der Waals surface area contributed by atoms with E-state index in [4.69, 9.17) is 11.2 Å². The maximum atomic E-state index is 13.6. The molecule has 0 saturated carbocycles. The van der Waals surface area contributed by atoms with Gasteiger partial charge in [0.25, 0.3) is 11.8 Å². The summed E-state index contributed by atoms with van der Waals surface area (Å²) in [6, 6.07) is 2.48. The van der Waals surface area contributed by atoms with Crippen molar-refractivity contribution in [1.29, 1.82) is 0 Å². The lowest BCUT2D eigenvalue weighted by molar-refractivity contribution is 0.0841. The summed E-state index contributed by atoms with van der Waals surface area (Å²) in [5.74, 6) is -1.14. The third-order valence-electron chi connectivity index (χ3n) is 4.60. The largest absolute Gasteiger partial charge is 0.436 e. The van der Waals surface area contributed by atoms with Crippen LogP contribution in [0.1, 0.15) is 44.6 Å². The van der Waals surface area contributed by atoms with Crippen molar-refractivity contribution in [3.05, 3.63) is 51.5 Å². The van der Waals surface area contributed by atoms with Gasteiger partial charge in [-0.15, -0.1) is 17.8 Å². The maximum absolute atomic E-state index is 13.6. The van der Waals surface area contributed by atoms with Gasteiger partial charge < -0.3 is 9.64 Å². The van der Waals surface area contributed by atoms with Crippen LogP contribution in [-0.2, 0) is 4.74 Å². The molecule has 162 valence electrons. The van der Waals surface area contributed by atoms with Gasteiger partial charge >= 0.3 is 6.09 Å². The summed E-state index contributed by atoms with van der Waals surface area (Å²) in [6.07, 6.45) is 5.92. The Balaban J connectivity index is 1.51. The van der Waals surface area contributed by atoms with Gasteiger partial charge in [-0.3, -0.25) is 20.4 Å². The van der Waals surface area contributed by atoms with E-state index in [2.05, 4.69) is 21.8 Å². The molecule has 0 atom stereocenters. The first-order chi connectivity index (χ1) is 14.9. The van der Waals surface area contributed by atoms with E-state index in [1.165, 1.54) is 11.3 Å². The SMILES string of the molecule is C#CCOC(=O)N1CCC(c2nc(C(=O)NNC(=O)c3ccc(F)cc3F)cs2)CC1. The molecule has 11 heteroatoms. The van der Waals surface area contributed by atoms with Crippen LogP contribution in [0.3, 0.4) is 0 Å². The maximum Gasteiger partial charge on any atom is 0.410 e. The van der Waals surface area contributed by atoms with Crippen LogP contribution in [0.5, 0.6) is 0 Å². The zero-order valence-corrected chi connectivity index (χ0v) is 17.0. The number of nitrogens with zero attached hydrogens (tertiary/aromatic N) is 2. The first kappa shape index (κ1) is 22.2. The second-order valence-electron chi connectivity index (χ2n) is 6.62. The first-order valence-electron chi connectivity index (χ1n) is 9.25. The smallest absolute Gasteiger partial charge is 0.410 e. The summed E-state index contributed by atoms with van der Waals surface area (Å²) in [5, 5.41) is 2.28. The Morgan fingerprint density at radius 1 is 1.23 bits per heavy atom. The average Bonchev–Trinajstić information content (AvgIpc) is 3.26. The second-order valence-corrected chi connectivity index (χ2v) is 7.51. The Morgan fingerprint density at radius 2 is 1.94 bits per heavy atom. The highest BCUT2D eigenvalue weighted by atomic mass is 32.1. The Hall–Kier alpha value is -3.52. The number of carbonyl (C=O) groups is 3. The van der Waals surface area contributed by atoms with Crippen molar-refractivity contribution in [2.24, 2.45) is 0 Å². The molecule has 1 aliphatic heterocycles. The fourth-order valence-corrected chi connectivity index (χ4v) is 3.97. The molecule has 2 N–H and O–H groups in total. The van der Waals surface area contributed by atoms with Crippen molar-refractivity contribution in [3.63, 3.8) is 0 Å². The van der Waals surface area contributed by atoms with Gasteiger partial charge in [0.05, 0.1) is 10.6 Å². The number of halogens is 2. The van der Waals surface area contributed by atoms with E-state index in [1.54, 1.807) is 10.3 Å². The molecule has 8 nitrogen and oxygen atoms in total. The van der Waals surface area contributed by atoms with Gasteiger partial charge in [-0.2, -0.15) is 0 Å². The fraction of sp³-hybridized carbons (Fsp3) is 0.300. The number of terminal acetylenes is 1. The molecule has 1 aromatic heterocycles. The van der Waals surface area contributed by atoms with E-state index in [9.17, 15) is 23.2 Å². The van der Waals surface area contributed by atoms with Gasteiger partial charge in [0, 0.05) is 30.5 Å². The number of hydrogen-bond donors (Lipinski definition) is 2. The van der Waals surface area contributed by atoms with Crippen LogP contribution in [0.2, 0.25) is 0 Å². The van der Waals surface area contributed by atoms with Crippen molar-refractivity contribution in [1.82, 2.24) is 20.7 Å². The van der Waals surface area contributed by atoms with Crippen molar-refractivity contribution in [2.45, 2.75) is 18.8 Å². The minimum absolute atomic E-state index is 0.0751. The predicted molar refractivity (Wildman–Crippen MR) is 107 cm³/mol.